The van der Waals surface area contributed by atoms with Crippen molar-refractivity contribution in [1.29, 1.82) is 0 Å². The highest BCUT2D eigenvalue weighted by atomic mass is 16.5. The maximum atomic E-state index is 12.8. The standard InChI is InChI=1S/C39H34O6/c1-7-27(6)39(42)45-36-24-32(30-16-21-34(22-17-30)44-38(41)26(4)5)18-23-35(36)31-14-10-28(11-15-31)8-9-29-12-19-33(20-13-29)43-37(40)25(2)3/h7-24H,2,4H2,1,3,5-6H3/b9-8+,27-7-. The fourth-order valence-electron chi connectivity index (χ4n) is 4.04. The van der Waals surface area contributed by atoms with Crippen molar-refractivity contribution in [1.82, 2.24) is 0 Å². The minimum absolute atomic E-state index is 0.316. The molecule has 0 N–H and O–H groups in total. The van der Waals surface area contributed by atoms with Gasteiger partial charge in [0.1, 0.15) is 17.2 Å². The Balaban J connectivity index is 1.56. The summed E-state index contributed by atoms with van der Waals surface area (Å²) in [6, 6.07) is 27.9. The topological polar surface area (TPSA) is 78.9 Å². The van der Waals surface area contributed by atoms with E-state index < -0.39 is 17.9 Å². The van der Waals surface area contributed by atoms with Crippen LogP contribution in [-0.2, 0) is 14.4 Å². The molecular formula is C39H34O6. The lowest BCUT2D eigenvalue weighted by atomic mass is 9.98. The van der Waals surface area contributed by atoms with Crippen LogP contribution in [0.25, 0.3) is 34.4 Å². The van der Waals surface area contributed by atoms with Crippen LogP contribution in [0.2, 0.25) is 0 Å². The van der Waals surface area contributed by atoms with Crippen LogP contribution in [0.1, 0.15) is 38.8 Å². The third-order valence-electron chi connectivity index (χ3n) is 6.81. The number of carbonyl (C=O) groups is 3. The van der Waals surface area contributed by atoms with Gasteiger partial charge in [0.2, 0.25) is 0 Å². The van der Waals surface area contributed by atoms with Gasteiger partial charge in [0.15, 0.2) is 0 Å². The van der Waals surface area contributed by atoms with Gasteiger partial charge in [0, 0.05) is 22.3 Å². The third-order valence-corrected chi connectivity index (χ3v) is 6.81. The van der Waals surface area contributed by atoms with Crippen LogP contribution < -0.4 is 14.2 Å². The Hall–Kier alpha value is -5.75. The number of allylic oxidation sites excluding steroid dienone is 1. The van der Waals surface area contributed by atoms with E-state index in [0.29, 0.717) is 34.0 Å². The van der Waals surface area contributed by atoms with Crippen LogP contribution in [0.3, 0.4) is 0 Å². The average Bonchev–Trinajstić information content (AvgIpc) is 3.04. The number of esters is 3. The summed E-state index contributed by atoms with van der Waals surface area (Å²) in [5.74, 6) is -0.0862. The van der Waals surface area contributed by atoms with E-state index in [4.69, 9.17) is 14.2 Å². The minimum Gasteiger partial charge on any atom is -0.423 e. The maximum Gasteiger partial charge on any atom is 0.338 e. The molecule has 0 aliphatic rings. The second-order valence-corrected chi connectivity index (χ2v) is 10.5. The number of ether oxygens (including phenoxy) is 3. The fraction of sp³-hybridized carbons (Fsp3) is 0.103. The zero-order valence-electron chi connectivity index (χ0n) is 25.8. The number of benzene rings is 4. The van der Waals surface area contributed by atoms with Crippen LogP contribution in [0.4, 0.5) is 0 Å². The predicted octanol–water partition coefficient (Wildman–Crippen LogP) is 9.03. The van der Waals surface area contributed by atoms with E-state index >= 15 is 0 Å². The highest BCUT2D eigenvalue weighted by Crippen LogP contribution is 2.35. The van der Waals surface area contributed by atoms with Crippen molar-refractivity contribution in [2.75, 3.05) is 0 Å². The van der Waals surface area contributed by atoms with E-state index in [9.17, 15) is 14.4 Å². The van der Waals surface area contributed by atoms with Gasteiger partial charge in [0.25, 0.3) is 0 Å². The minimum atomic E-state index is -0.486. The van der Waals surface area contributed by atoms with E-state index in [-0.39, 0.29) is 0 Å². The molecule has 226 valence electrons. The first-order valence-electron chi connectivity index (χ1n) is 14.3. The lowest BCUT2D eigenvalue weighted by Crippen LogP contribution is -2.10. The second kappa shape index (κ2) is 14.6. The zero-order valence-corrected chi connectivity index (χ0v) is 25.8. The zero-order chi connectivity index (χ0) is 32.5. The monoisotopic (exact) mass is 598 g/mol. The Morgan fingerprint density at radius 2 is 1.00 bits per heavy atom. The van der Waals surface area contributed by atoms with E-state index in [1.165, 1.54) is 0 Å². The number of hydrogen-bond donors (Lipinski definition) is 0. The van der Waals surface area contributed by atoms with Gasteiger partial charge < -0.3 is 14.2 Å². The van der Waals surface area contributed by atoms with E-state index in [2.05, 4.69) is 13.2 Å². The molecule has 0 atom stereocenters. The molecular weight excluding hydrogens is 564 g/mol. The molecule has 0 aliphatic carbocycles. The summed E-state index contributed by atoms with van der Waals surface area (Å²) >= 11 is 0. The molecule has 6 nitrogen and oxygen atoms in total. The Bertz CT molecular complexity index is 1810. The van der Waals surface area contributed by atoms with Gasteiger partial charge in [0.05, 0.1) is 0 Å². The Kier molecular flexibility index (Phi) is 10.5. The van der Waals surface area contributed by atoms with Crippen LogP contribution >= 0.6 is 0 Å². The van der Waals surface area contributed by atoms with Gasteiger partial charge in [-0.1, -0.05) is 92.0 Å². The first-order chi connectivity index (χ1) is 21.5. The van der Waals surface area contributed by atoms with Gasteiger partial charge >= 0.3 is 17.9 Å². The number of hydrogen-bond acceptors (Lipinski definition) is 6. The molecule has 0 fully saturated rings. The smallest absolute Gasteiger partial charge is 0.338 e. The average molecular weight is 599 g/mol. The largest absolute Gasteiger partial charge is 0.423 e. The van der Waals surface area contributed by atoms with E-state index in [0.717, 1.165) is 33.4 Å². The molecule has 0 radical (unpaired) electrons. The molecule has 0 amide bonds. The van der Waals surface area contributed by atoms with Crippen LogP contribution in [0.5, 0.6) is 17.2 Å². The van der Waals surface area contributed by atoms with Crippen LogP contribution in [0, 0.1) is 0 Å². The molecule has 4 aromatic carbocycles. The van der Waals surface area contributed by atoms with Gasteiger partial charge in [-0.15, -0.1) is 0 Å². The molecule has 6 heteroatoms. The summed E-state index contributed by atoms with van der Waals surface area (Å²) in [4.78, 5) is 36.3. The molecule has 0 aliphatic heterocycles. The van der Waals surface area contributed by atoms with Crippen molar-refractivity contribution in [2.24, 2.45) is 0 Å². The first kappa shape index (κ1) is 32.2. The van der Waals surface area contributed by atoms with Gasteiger partial charge in [-0.2, -0.15) is 0 Å². The van der Waals surface area contributed by atoms with Crippen molar-refractivity contribution in [3.05, 3.63) is 138 Å². The van der Waals surface area contributed by atoms with Gasteiger partial charge in [-0.3, -0.25) is 0 Å². The second-order valence-electron chi connectivity index (χ2n) is 10.5. The summed E-state index contributed by atoms with van der Waals surface area (Å²) in [5, 5.41) is 0. The molecule has 0 saturated heterocycles. The van der Waals surface area contributed by atoms with Crippen molar-refractivity contribution < 1.29 is 28.6 Å². The SMILES string of the molecule is C=C(C)C(=O)Oc1ccc(/C=C/c2ccc(-c3ccc(-c4ccc(OC(=O)C(=C)C)cc4)cc3OC(=O)/C(C)=C\C)cc2)cc1. The van der Waals surface area contributed by atoms with Crippen molar-refractivity contribution in [3.8, 4) is 39.5 Å². The molecule has 0 spiro atoms. The maximum absolute atomic E-state index is 12.8. The highest BCUT2D eigenvalue weighted by Gasteiger charge is 2.15. The summed E-state index contributed by atoms with van der Waals surface area (Å²) in [7, 11) is 0. The lowest BCUT2D eigenvalue weighted by Gasteiger charge is -2.14. The Morgan fingerprint density at radius 3 is 1.49 bits per heavy atom. The summed E-state index contributed by atoms with van der Waals surface area (Å²) < 4.78 is 16.4. The summed E-state index contributed by atoms with van der Waals surface area (Å²) in [6.45, 7) is 13.9. The number of carbonyl (C=O) groups excluding carboxylic acids is 3. The van der Waals surface area contributed by atoms with E-state index in [1.807, 2.05) is 78.9 Å². The first-order valence-corrected chi connectivity index (χ1v) is 14.3. The highest BCUT2D eigenvalue weighted by molar-refractivity contribution is 5.92. The molecule has 0 unspecified atom stereocenters. The Morgan fingerprint density at radius 1 is 0.556 bits per heavy atom. The van der Waals surface area contributed by atoms with E-state index in [1.54, 1.807) is 58.0 Å². The molecule has 0 saturated carbocycles. The van der Waals surface area contributed by atoms with Crippen LogP contribution in [0.15, 0.2) is 127 Å². The van der Waals surface area contributed by atoms with Gasteiger partial charge in [-0.05, 0) is 85.8 Å². The molecule has 0 heterocycles. The quantitative estimate of drug-likeness (QED) is 0.0784. The summed E-state index contributed by atoms with van der Waals surface area (Å²) in [5.41, 5.74) is 6.41. The molecule has 4 aromatic rings. The summed E-state index contributed by atoms with van der Waals surface area (Å²) in [6.07, 6.45) is 5.65. The molecule has 0 bridgehead atoms. The lowest BCUT2D eigenvalue weighted by molar-refractivity contribution is -0.130. The molecule has 0 aromatic heterocycles. The predicted molar refractivity (Wildman–Crippen MR) is 179 cm³/mol. The number of rotatable bonds is 10. The van der Waals surface area contributed by atoms with Crippen molar-refractivity contribution >= 4 is 30.1 Å². The van der Waals surface area contributed by atoms with Crippen LogP contribution in [-0.4, -0.2) is 17.9 Å². The van der Waals surface area contributed by atoms with Crippen molar-refractivity contribution in [2.45, 2.75) is 27.7 Å². The molecule has 4 rings (SSSR count). The van der Waals surface area contributed by atoms with Gasteiger partial charge in [-0.25, -0.2) is 14.4 Å². The fourth-order valence-corrected chi connectivity index (χ4v) is 4.04. The Labute approximate surface area is 263 Å². The third kappa shape index (κ3) is 8.65. The normalized spacial score (nSPS) is 11.2. The molecule has 45 heavy (non-hydrogen) atoms. The van der Waals surface area contributed by atoms with Crippen molar-refractivity contribution in [3.63, 3.8) is 0 Å².